The van der Waals surface area contributed by atoms with E-state index in [2.05, 4.69) is 122 Å². The summed E-state index contributed by atoms with van der Waals surface area (Å²) in [6.45, 7) is 4.75. The van der Waals surface area contributed by atoms with Crippen LogP contribution in [0.1, 0.15) is 61.2 Å². The first kappa shape index (κ1) is 27.1. The molecule has 3 heteroatoms. The summed E-state index contributed by atoms with van der Waals surface area (Å²) < 4.78 is 2.55. The highest BCUT2D eigenvalue weighted by Gasteiger charge is 2.36. The van der Waals surface area contributed by atoms with E-state index >= 15 is 0 Å². The fourth-order valence-corrected chi connectivity index (χ4v) is 7.85. The second kappa shape index (κ2) is 10.4. The lowest BCUT2D eigenvalue weighted by Crippen LogP contribution is -2.14. The number of fused-ring (bicyclic) bond motifs is 6. The molecule has 6 aromatic rings. The molecule has 0 spiro atoms. The highest BCUT2D eigenvalue weighted by atomic mass is 15.0. The molecule has 3 nitrogen and oxygen atoms in total. The van der Waals surface area contributed by atoms with E-state index in [0.717, 1.165) is 54.0 Å². The van der Waals surface area contributed by atoms with Gasteiger partial charge in [0.1, 0.15) is 0 Å². The zero-order valence-corrected chi connectivity index (χ0v) is 26.3. The maximum Gasteiger partial charge on any atom is 0.160 e. The van der Waals surface area contributed by atoms with E-state index in [1.807, 2.05) is 24.3 Å². The molecular weight excluding hydrogens is 558 g/mol. The lowest BCUT2D eigenvalue weighted by molar-refractivity contribution is 0.661. The van der Waals surface area contributed by atoms with Crippen LogP contribution in [0, 0.1) is 0 Å². The predicted molar refractivity (Wildman–Crippen MR) is 191 cm³/mol. The van der Waals surface area contributed by atoms with Gasteiger partial charge in [-0.25, -0.2) is 9.97 Å². The summed E-state index contributed by atoms with van der Waals surface area (Å²) in [5.74, 6) is 0.764. The summed E-state index contributed by atoms with van der Waals surface area (Å²) in [4.78, 5) is 10.1. The molecule has 2 heterocycles. The van der Waals surface area contributed by atoms with Crippen molar-refractivity contribution in [3.05, 3.63) is 149 Å². The van der Waals surface area contributed by atoms with Gasteiger partial charge in [-0.3, -0.25) is 0 Å². The van der Waals surface area contributed by atoms with E-state index in [-0.39, 0.29) is 5.41 Å². The lowest BCUT2D eigenvalue weighted by atomic mass is 9.82. The Kier molecular flexibility index (Phi) is 6.11. The topological polar surface area (TPSA) is 30.7 Å². The smallest absolute Gasteiger partial charge is 0.160 e. The molecule has 2 aromatic heterocycles. The highest BCUT2D eigenvalue weighted by Crippen LogP contribution is 2.51. The summed E-state index contributed by atoms with van der Waals surface area (Å²) in [6, 6.07) is 36.9. The Balaban J connectivity index is 1.18. The van der Waals surface area contributed by atoms with Gasteiger partial charge >= 0.3 is 0 Å². The van der Waals surface area contributed by atoms with E-state index in [1.54, 1.807) is 0 Å². The Labute approximate surface area is 270 Å². The number of hydrogen-bond donors (Lipinski definition) is 0. The fourth-order valence-electron chi connectivity index (χ4n) is 7.85. The molecule has 0 unspecified atom stereocenters. The van der Waals surface area contributed by atoms with Crippen molar-refractivity contribution >= 4 is 28.2 Å². The van der Waals surface area contributed by atoms with Crippen molar-refractivity contribution in [1.82, 2.24) is 14.5 Å². The van der Waals surface area contributed by atoms with Gasteiger partial charge in [0.15, 0.2) is 5.82 Å². The molecule has 222 valence electrons. The largest absolute Gasteiger partial charge is 0.313 e. The SMILES string of the molecule is CC1(C)c2ccccc2-c2cc3c(cc21)c1c(n3C2=CC=C(c3cc(-c4ccccc4)nc(-c4ccccc4)n3)CC2)C=CCC1. The quantitative estimate of drug-likeness (QED) is 0.204. The second-order valence-electron chi connectivity index (χ2n) is 13.3. The first-order valence-corrected chi connectivity index (χ1v) is 16.4. The van der Waals surface area contributed by atoms with Crippen LogP contribution in [0.4, 0.5) is 0 Å². The molecule has 0 radical (unpaired) electrons. The van der Waals surface area contributed by atoms with Crippen LogP contribution >= 0.6 is 0 Å². The molecule has 4 aromatic carbocycles. The minimum Gasteiger partial charge on any atom is -0.313 e. The number of benzene rings is 4. The van der Waals surface area contributed by atoms with Crippen LogP contribution in [0.2, 0.25) is 0 Å². The molecule has 0 saturated carbocycles. The molecule has 0 amide bonds. The van der Waals surface area contributed by atoms with Gasteiger partial charge in [0, 0.05) is 33.3 Å². The number of rotatable bonds is 4. The van der Waals surface area contributed by atoms with Crippen molar-refractivity contribution in [3.8, 4) is 33.8 Å². The first-order chi connectivity index (χ1) is 22.6. The molecule has 46 heavy (non-hydrogen) atoms. The molecule has 0 fully saturated rings. The van der Waals surface area contributed by atoms with Gasteiger partial charge in [-0.1, -0.05) is 111 Å². The number of allylic oxidation sites excluding steroid dienone is 5. The summed E-state index contributed by atoms with van der Waals surface area (Å²) in [6.07, 6.45) is 13.4. The third-order valence-electron chi connectivity index (χ3n) is 10.2. The number of aryl methyl sites for hydroxylation is 1. The van der Waals surface area contributed by atoms with Crippen molar-refractivity contribution in [3.63, 3.8) is 0 Å². The van der Waals surface area contributed by atoms with E-state index in [1.165, 1.54) is 55.7 Å². The molecule has 0 bridgehead atoms. The molecule has 3 aliphatic carbocycles. The second-order valence-corrected chi connectivity index (χ2v) is 13.3. The van der Waals surface area contributed by atoms with Crippen LogP contribution < -0.4 is 0 Å². The minimum absolute atomic E-state index is 0.00387. The average molecular weight is 594 g/mol. The number of hydrogen-bond acceptors (Lipinski definition) is 2. The van der Waals surface area contributed by atoms with Crippen LogP contribution in [0.25, 0.3) is 62.0 Å². The van der Waals surface area contributed by atoms with Crippen LogP contribution in [-0.2, 0) is 11.8 Å². The molecule has 0 N–H and O–H groups in total. The average Bonchev–Trinajstić information content (AvgIpc) is 3.56. The van der Waals surface area contributed by atoms with Gasteiger partial charge in [0.2, 0.25) is 0 Å². The van der Waals surface area contributed by atoms with E-state index < -0.39 is 0 Å². The highest BCUT2D eigenvalue weighted by molar-refractivity contribution is 5.98. The van der Waals surface area contributed by atoms with E-state index in [0.29, 0.717) is 0 Å². The third-order valence-corrected chi connectivity index (χ3v) is 10.2. The minimum atomic E-state index is -0.00387. The van der Waals surface area contributed by atoms with Crippen molar-refractivity contribution in [1.29, 1.82) is 0 Å². The zero-order chi connectivity index (χ0) is 30.8. The molecule has 0 aliphatic heterocycles. The molecular formula is C43H35N3. The van der Waals surface area contributed by atoms with Crippen molar-refractivity contribution in [2.24, 2.45) is 0 Å². The van der Waals surface area contributed by atoms with Crippen LogP contribution in [0.3, 0.4) is 0 Å². The lowest BCUT2D eigenvalue weighted by Gasteiger charge is -2.22. The Bertz CT molecular complexity index is 2210. The van der Waals surface area contributed by atoms with Crippen LogP contribution in [0.5, 0.6) is 0 Å². The monoisotopic (exact) mass is 593 g/mol. The normalized spacial score (nSPS) is 16.0. The van der Waals surface area contributed by atoms with Crippen LogP contribution in [0.15, 0.2) is 121 Å². The maximum atomic E-state index is 5.11. The summed E-state index contributed by atoms with van der Waals surface area (Å²) in [5, 5.41) is 1.41. The Morgan fingerprint density at radius 2 is 1.39 bits per heavy atom. The molecule has 9 rings (SSSR count). The Hall–Kier alpha value is -5.28. The van der Waals surface area contributed by atoms with Crippen molar-refractivity contribution < 1.29 is 0 Å². The summed E-state index contributed by atoms with van der Waals surface area (Å²) in [7, 11) is 0. The third kappa shape index (κ3) is 4.19. The molecule has 0 atom stereocenters. The van der Waals surface area contributed by atoms with Gasteiger partial charge in [-0.15, -0.1) is 0 Å². The van der Waals surface area contributed by atoms with Gasteiger partial charge in [-0.05, 0) is 89.4 Å². The molecule has 3 aliphatic rings. The van der Waals surface area contributed by atoms with E-state index in [4.69, 9.17) is 9.97 Å². The van der Waals surface area contributed by atoms with Crippen molar-refractivity contribution in [2.75, 3.05) is 0 Å². The Morgan fingerprint density at radius 1 is 0.652 bits per heavy atom. The number of nitrogens with zero attached hydrogens (tertiary/aromatic N) is 3. The van der Waals surface area contributed by atoms with Gasteiger partial charge in [0.05, 0.1) is 16.9 Å². The standard InChI is InChI=1S/C43H35N3/c1-43(2)36-19-11-9-17-32(36)34-26-41-35(25-37(34)43)33-18-10-12-20-40(33)46(41)31-23-21-29(22-24-31)39-27-38(28-13-5-3-6-14-28)44-42(45-39)30-15-7-4-8-16-30/h3-9,11-17,19-21,23,25-27H,10,18,22,24H2,1-2H3. The first-order valence-electron chi connectivity index (χ1n) is 16.4. The summed E-state index contributed by atoms with van der Waals surface area (Å²) in [5.41, 5.74) is 16.5. The van der Waals surface area contributed by atoms with Crippen LogP contribution in [-0.4, -0.2) is 14.5 Å². The molecule has 0 saturated heterocycles. The fraction of sp³-hybridized carbons (Fsp3) is 0.163. The summed E-state index contributed by atoms with van der Waals surface area (Å²) >= 11 is 0. The zero-order valence-electron chi connectivity index (χ0n) is 26.3. The maximum absolute atomic E-state index is 5.11. The predicted octanol–water partition coefficient (Wildman–Crippen LogP) is 10.7. The van der Waals surface area contributed by atoms with Crippen molar-refractivity contribution in [2.45, 2.75) is 44.9 Å². The van der Waals surface area contributed by atoms with E-state index in [9.17, 15) is 0 Å². The van der Waals surface area contributed by atoms with Gasteiger partial charge < -0.3 is 4.57 Å². The van der Waals surface area contributed by atoms with Gasteiger partial charge in [-0.2, -0.15) is 0 Å². The Morgan fingerprint density at radius 3 is 2.17 bits per heavy atom. The van der Waals surface area contributed by atoms with Gasteiger partial charge in [0.25, 0.3) is 0 Å². The number of aromatic nitrogens is 3.